The van der Waals surface area contributed by atoms with Crippen molar-refractivity contribution in [3.63, 3.8) is 0 Å². The molecule has 2 N–H and O–H groups in total. The quantitative estimate of drug-likeness (QED) is 0.436. The lowest BCUT2D eigenvalue weighted by molar-refractivity contribution is -0.122. The number of aryl methyl sites for hydroxylation is 1. The summed E-state index contributed by atoms with van der Waals surface area (Å²) in [7, 11) is 0. The number of imide groups is 2. The number of urea groups is 1. The molecule has 3 aromatic carbocycles. The van der Waals surface area contributed by atoms with E-state index < -0.39 is 17.8 Å². The first-order valence-electron chi connectivity index (χ1n) is 10.5. The highest BCUT2D eigenvalue weighted by Crippen LogP contribution is 2.25. The van der Waals surface area contributed by atoms with Crippen LogP contribution < -0.4 is 20.3 Å². The molecule has 8 heteroatoms. The summed E-state index contributed by atoms with van der Waals surface area (Å²) < 4.78 is 5.67. The molecule has 0 aromatic heterocycles. The molecule has 0 unspecified atom stereocenters. The van der Waals surface area contributed by atoms with Gasteiger partial charge in [0.05, 0.1) is 5.69 Å². The number of rotatable bonds is 6. The molecule has 5 amide bonds. The molecule has 4 rings (SSSR count). The van der Waals surface area contributed by atoms with Gasteiger partial charge in [-0.05, 0) is 48.9 Å². The molecule has 0 bridgehead atoms. The molecule has 1 saturated heterocycles. The largest absolute Gasteiger partial charge is 0.483 e. The fourth-order valence-corrected chi connectivity index (χ4v) is 3.42. The fraction of sp³-hybridized carbons (Fsp3) is 0.0769. The van der Waals surface area contributed by atoms with Gasteiger partial charge in [-0.15, -0.1) is 0 Å². The smallest absolute Gasteiger partial charge is 0.335 e. The van der Waals surface area contributed by atoms with E-state index in [4.69, 9.17) is 4.74 Å². The second-order valence-electron chi connectivity index (χ2n) is 7.54. The minimum absolute atomic E-state index is 0.233. The van der Waals surface area contributed by atoms with Crippen LogP contribution in [0.5, 0.6) is 5.75 Å². The van der Waals surface area contributed by atoms with Gasteiger partial charge in [-0.25, -0.2) is 9.69 Å². The minimum atomic E-state index is -0.823. The molecule has 8 nitrogen and oxygen atoms in total. The number of nitrogens with zero attached hydrogens (tertiary/aromatic N) is 1. The van der Waals surface area contributed by atoms with E-state index in [0.29, 0.717) is 22.7 Å². The van der Waals surface area contributed by atoms with Crippen LogP contribution in [0.3, 0.4) is 0 Å². The lowest BCUT2D eigenvalue weighted by Crippen LogP contribution is -2.54. The maximum atomic E-state index is 13.0. The zero-order valence-electron chi connectivity index (χ0n) is 18.3. The van der Waals surface area contributed by atoms with E-state index in [-0.39, 0.29) is 18.1 Å². The number of carbonyl (C=O) groups is 4. The van der Waals surface area contributed by atoms with E-state index in [1.807, 2.05) is 25.1 Å². The number of ether oxygens (including phenoxy) is 1. The molecule has 3 aromatic rings. The summed E-state index contributed by atoms with van der Waals surface area (Å²) in [5.74, 6) is -1.63. The van der Waals surface area contributed by atoms with Crippen molar-refractivity contribution in [1.82, 2.24) is 5.32 Å². The van der Waals surface area contributed by atoms with Crippen molar-refractivity contribution in [2.24, 2.45) is 0 Å². The lowest BCUT2D eigenvalue weighted by Gasteiger charge is -2.26. The predicted octanol–water partition coefficient (Wildman–Crippen LogP) is 3.68. The average Bonchev–Trinajstić information content (AvgIpc) is 2.81. The van der Waals surface area contributed by atoms with Crippen molar-refractivity contribution >= 4 is 41.2 Å². The molecule has 0 spiro atoms. The number of anilines is 2. The SMILES string of the molecule is Cc1cccc(NC(=O)COc2ccccc2/C=C2\C(=O)NC(=O)N(c3ccccc3)C2=O)c1. The molecule has 1 heterocycles. The second kappa shape index (κ2) is 9.83. The molecule has 1 aliphatic heterocycles. The van der Waals surface area contributed by atoms with Gasteiger partial charge in [0.15, 0.2) is 6.61 Å². The van der Waals surface area contributed by atoms with Crippen LogP contribution in [0.4, 0.5) is 16.2 Å². The standard InChI is InChI=1S/C26H21N3O5/c1-17-8-7-10-19(14-17)27-23(30)16-34-22-13-6-5-9-18(22)15-21-24(31)28-26(33)29(25(21)32)20-11-3-2-4-12-20/h2-15H,16H2,1H3,(H,27,30)(H,28,31,33)/b21-15+. The van der Waals surface area contributed by atoms with Crippen LogP contribution in [0.2, 0.25) is 0 Å². The van der Waals surface area contributed by atoms with Crippen LogP contribution in [0.1, 0.15) is 11.1 Å². The van der Waals surface area contributed by atoms with Gasteiger partial charge in [0.1, 0.15) is 11.3 Å². The van der Waals surface area contributed by atoms with Crippen molar-refractivity contribution in [2.45, 2.75) is 6.92 Å². The molecule has 1 fully saturated rings. The average molecular weight is 455 g/mol. The van der Waals surface area contributed by atoms with Gasteiger partial charge in [-0.3, -0.25) is 19.7 Å². The highest BCUT2D eigenvalue weighted by atomic mass is 16.5. The third-order valence-corrected chi connectivity index (χ3v) is 5.00. The Hall–Kier alpha value is -4.72. The molecule has 0 atom stereocenters. The van der Waals surface area contributed by atoms with Gasteiger partial charge in [-0.1, -0.05) is 48.5 Å². The summed E-state index contributed by atoms with van der Waals surface area (Å²) >= 11 is 0. The normalized spacial score (nSPS) is 14.7. The summed E-state index contributed by atoms with van der Waals surface area (Å²) in [4.78, 5) is 51.0. The van der Waals surface area contributed by atoms with Gasteiger partial charge < -0.3 is 10.1 Å². The van der Waals surface area contributed by atoms with Crippen molar-refractivity contribution in [3.8, 4) is 5.75 Å². The first kappa shape index (κ1) is 22.5. The van der Waals surface area contributed by atoms with Crippen molar-refractivity contribution in [1.29, 1.82) is 0 Å². The number of hydrogen-bond acceptors (Lipinski definition) is 5. The first-order chi connectivity index (χ1) is 16.4. The molecular weight excluding hydrogens is 434 g/mol. The highest BCUT2D eigenvalue weighted by molar-refractivity contribution is 6.39. The van der Waals surface area contributed by atoms with Crippen LogP contribution >= 0.6 is 0 Å². The monoisotopic (exact) mass is 455 g/mol. The number of benzene rings is 3. The van der Waals surface area contributed by atoms with Crippen molar-refractivity contribution in [3.05, 3.63) is 95.6 Å². The van der Waals surface area contributed by atoms with E-state index in [1.165, 1.54) is 6.08 Å². The highest BCUT2D eigenvalue weighted by Gasteiger charge is 2.36. The Labute approximate surface area is 195 Å². The van der Waals surface area contributed by atoms with Crippen molar-refractivity contribution in [2.75, 3.05) is 16.8 Å². The maximum absolute atomic E-state index is 13.0. The van der Waals surface area contributed by atoms with Crippen LogP contribution in [-0.4, -0.2) is 30.4 Å². The number of nitrogens with one attached hydrogen (secondary N) is 2. The third kappa shape index (κ3) is 5.02. The van der Waals surface area contributed by atoms with E-state index >= 15 is 0 Å². The summed E-state index contributed by atoms with van der Waals surface area (Å²) in [6.07, 6.45) is 1.34. The van der Waals surface area contributed by atoms with E-state index in [1.54, 1.807) is 60.7 Å². The minimum Gasteiger partial charge on any atom is -0.483 e. The Balaban J connectivity index is 1.54. The second-order valence-corrected chi connectivity index (χ2v) is 7.54. The van der Waals surface area contributed by atoms with Gasteiger partial charge in [-0.2, -0.15) is 0 Å². The molecule has 170 valence electrons. The van der Waals surface area contributed by atoms with Gasteiger partial charge in [0.25, 0.3) is 17.7 Å². The molecular formula is C26H21N3O5. The van der Waals surface area contributed by atoms with Gasteiger partial charge in [0.2, 0.25) is 0 Å². The van der Waals surface area contributed by atoms with Crippen LogP contribution in [0.15, 0.2) is 84.4 Å². The Morgan fingerprint density at radius 2 is 1.71 bits per heavy atom. The maximum Gasteiger partial charge on any atom is 0.335 e. The summed E-state index contributed by atoms with van der Waals surface area (Å²) in [6.45, 7) is 1.65. The Kier molecular flexibility index (Phi) is 6.49. The molecule has 0 saturated carbocycles. The first-order valence-corrected chi connectivity index (χ1v) is 10.5. The van der Waals surface area contributed by atoms with E-state index in [9.17, 15) is 19.2 Å². The zero-order valence-corrected chi connectivity index (χ0v) is 18.3. The Morgan fingerprint density at radius 3 is 2.47 bits per heavy atom. The number of amides is 5. The fourth-order valence-electron chi connectivity index (χ4n) is 3.42. The van der Waals surface area contributed by atoms with Gasteiger partial charge in [0, 0.05) is 11.3 Å². The third-order valence-electron chi connectivity index (χ3n) is 5.00. The zero-order chi connectivity index (χ0) is 24.1. The molecule has 34 heavy (non-hydrogen) atoms. The molecule has 1 aliphatic rings. The van der Waals surface area contributed by atoms with Crippen molar-refractivity contribution < 1.29 is 23.9 Å². The topological polar surface area (TPSA) is 105 Å². The Morgan fingerprint density at radius 1 is 0.971 bits per heavy atom. The number of para-hydroxylation sites is 2. The number of barbiturate groups is 1. The number of carbonyl (C=O) groups excluding carboxylic acids is 4. The summed E-state index contributed by atoms with van der Waals surface area (Å²) in [5, 5.41) is 4.94. The molecule has 0 aliphatic carbocycles. The number of hydrogen-bond donors (Lipinski definition) is 2. The summed E-state index contributed by atoms with van der Waals surface area (Å²) in [5.41, 5.74) is 2.17. The van der Waals surface area contributed by atoms with E-state index in [2.05, 4.69) is 10.6 Å². The van der Waals surface area contributed by atoms with Crippen LogP contribution in [-0.2, 0) is 14.4 Å². The van der Waals surface area contributed by atoms with Crippen LogP contribution in [0, 0.1) is 6.92 Å². The lowest BCUT2D eigenvalue weighted by atomic mass is 10.1. The van der Waals surface area contributed by atoms with Gasteiger partial charge >= 0.3 is 6.03 Å². The molecule has 0 radical (unpaired) electrons. The predicted molar refractivity (Wildman–Crippen MR) is 127 cm³/mol. The summed E-state index contributed by atoms with van der Waals surface area (Å²) in [6, 6.07) is 21.5. The Bertz CT molecular complexity index is 1300. The van der Waals surface area contributed by atoms with E-state index in [0.717, 1.165) is 10.5 Å². The van der Waals surface area contributed by atoms with Crippen LogP contribution in [0.25, 0.3) is 6.08 Å².